The summed E-state index contributed by atoms with van der Waals surface area (Å²) in [6.07, 6.45) is 0. The molecule has 4 radical (unpaired) electrons. The van der Waals surface area contributed by atoms with E-state index >= 15 is 0 Å². The molecule has 0 N–H and O–H groups in total. The molecule has 0 spiro atoms. The van der Waals surface area contributed by atoms with Crippen LogP contribution in [0.3, 0.4) is 0 Å². The van der Waals surface area contributed by atoms with E-state index in [1.807, 2.05) is 0 Å². The third kappa shape index (κ3) is 9.52. The standard InChI is InChI=1S/CH4.Mo.Si.W/h1H4;;;. The first-order chi connectivity index (χ1) is 0. The Morgan fingerprint density at radius 2 is 1.00 bits per heavy atom. The van der Waals surface area contributed by atoms with Crippen molar-refractivity contribution in [3.8, 4) is 0 Å². The molecule has 0 bridgehead atoms. The molecule has 0 saturated heterocycles. The molecule has 0 nitrogen and oxygen atoms in total. The average molecular weight is 324 g/mol. The first kappa shape index (κ1) is 46.5. The SMILES string of the molecule is C.[Mo].[Si].[W]. The predicted molar refractivity (Wildman–Crippen MR) is 12.5 cm³/mol. The van der Waals surface area contributed by atoms with E-state index in [-0.39, 0.29) is 60.5 Å². The zero-order valence-electron chi connectivity index (χ0n) is 1.32. The third-order valence-corrected chi connectivity index (χ3v) is 0. The maximum atomic E-state index is 0. The van der Waals surface area contributed by atoms with Crippen molar-refractivity contribution >= 4 is 11.0 Å². The second-order valence-corrected chi connectivity index (χ2v) is 0. The van der Waals surface area contributed by atoms with Gasteiger partial charge in [-0.2, -0.15) is 0 Å². The molecule has 0 heterocycles. The average Bonchev–Trinajstić information content (AvgIpc) is 0. The van der Waals surface area contributed by atoms with Crippen LogP contribution in [0.4, 0.5) is 0 Å². The quantitative estimate of drug-likeness (QED) is 0.561. The molecule has 0 aromatic heterocycles. The Hall–Kier alpha value is 1.59. The van der Waals surface area contributed by atoms with E-state index in [0.29, 0.717) is 0 Å². The van der Waals surface area contributed by atoms with Gasteiger partial charge in [-0.05, 0) is 0 Å². The first-order valence-electron chi connectivity index (χ1n) is 0. The summed E-state index contributed by atoms with van der Waals surface area (Å²) in [6.45, 7) is 0. The third-order valence-electron chi connectivity index (χ3n) is 0. The fourth-order valence-corrected chi connectivity index (χ4v) is 0. The summed E-state index contributed by atoms with van der Waals surface area (Å²) in [5.41, 5.74) is 0. The molecule has 3 heteroatoms. The topological polar surface area (TPSA) is 0 Å². The minimum atomic E-state index is 0. The van der Waals surface area contributed by atoms with Crippen LogP contribution in [-0.2, 0) is 42.1 Å². The molecule has 0 aliphatic heterocycles. The second-order valence-electron chi connectivity index (χ2n) is 0. The molecule has 0 atom stereocenters. The van der Waals surface area contributed by atoms with Gasteiger partial charge >= 0.3 is 0 Å². The van der Waals surface area contributed by atoms with Gasteiger partial charge in [0.15, 0.2) is 0 Å². The van der Waals surface area contributed by atoms with Crippen LogP contribution in [0.15, 0.2) is 0 Å². The molecule has 0 aromatic carbocycles. The Balaban J connectivity index is 0. The van der Waals surface area contributed by atoms with E-state index in [1.165, 1.54) is 0 Å². The van der Waals surface area contributed by atoms with E-state index in [2.05, 4.69) is 0 Å². The van der Waals surface area contributed by atoms with Crippen LogP contribution >= 0.6 is 0 Å². The Kier molecular flexibility index (Phi) is 271. The van der Waals surface area contributed by atoms with E-state index in [1.54, 1.807) is 0 Å². The Morgan fingerprint density at radius 1 is 1.00 bits per heavy atom. The van der Waals surface area contributed by atoms with Crippen molar-refractivity contribution in [2.45, 2.75) is 7.43 Å². The molecule has 0 saturated carbocycles. The molecular formula is CH4MoSiW. The minimum absolute atomic E-state index is 0. The summed E-state index contributed by atoms with van der Waals surface area (Å²) < 4.78 is 0. The van der Waals surface area contributed by atoms with Crippen molar-refractivity contribution in [2.24, 2.45) is 0 Å². The molecule has 24 valence electrons. The summed E-state index contributed by atoms with van der Waals surface area (Å²) in [7, 11) is 0. The Bertz CT molecular complexity index is 8.00. The molecule has 0 aliphatic carbocycles. The van der Waals surface area contributed by atoms with Gasteiger partial charge in [-0.25, -0.2) is 0 Å². The molecule has 4 heavy (non-hydrogen) atoms. The zero-order chi connectivity index (χ0) is 0. The number of rotatable bonds is 0. The summed E-state index contributed by atoms with van der Waals surface area (Å²) in [4.78, 5) is 0. The molecule has 0 aliphatic rings. The Labute approximate surface area is 60.3 Å². The van der Waals surface area contributed by atoms with Gasteiger partial charge in [-0.15, -0.1) is 0 Å². The van der Waals surface area contributed by atoms with Gasteiger partial charge in [0.1, 0.15) is 0 Å². The molecule has 0 amide bonds. The fourth-order valence-electron chi connectivity index (χ4n) is 0. The van der Waals surface area contributed by atoms with E-state index in [4.69, 9.17) is 0 Å². The monoisotopic (exact) mass is 326 g/mol. The van der Waals surface area contributed by atoms with E-state index in [0.717, 1.165) is 0 Å². The largest absolute Gasteiger partial charge is 0.0776 e. The van der Waals surface area contributed by atoms with Gasteiger partial charge < -0.3 is 0 Å². The smallest absolute Gasteiger partial charge is 0 e. The molecule has 0 unspecified atom stereocenters. The van der Waals surface area contributed by atoms with E-state index < -0.39 is 0 Å². The normalized spacial score (nSPS) is 0. The van der Waals surface area contributed by atoms with Crippen molar-refractivity contribution in [1.29, 1.82) is 0 Å². The maximum absolute atomic E-state index is 0. The van der Waals surface area contributed by atoms with Crippen LogP contribution in [-0.4, -0.2) is 11.0 Å². The summed E-state index contributed by atoms with van der Waals surface area (Å²) in [5.74, 6) is 0. The summed E-state index contributed by atoms with van der Waals surface area (Å²) >= 11 is 0. The molecular weight excluding hydrogens is 320 g/mol. The van der Waals surface area contributed by atoms with Gasteiger partial charge in [0.2, 0.25) is 0 Å². The first-order valence-corrected chi connectivity index (χ1v) is 0. The van der Waals surface area contributed by atoms with Crippen LogP contribution in [0.5, 0.6) is 0 Å². The van der Waals surface area contributed by atoms with Crippen LogP contribution in [0, 0.1) is 0 Å². The molecule has 0 rings (SSSR count). The molecule has 0 aromatic rings. The summed E-state index contributed by atoms with van der Waals surface area (Å²) in [6, 6.07) is 0. The van der Waals surface area contributed by atoms with Gasteiger partial charge in [0, 0.05) is 53.1 Å². The molecule has 0 fully saturated rings. The van der Waals surface area contributed by atoms with Gasteiger partial charge in [0.25, 0.3) is 0 Å². The van der Waals surface area contributed by atoms with Crippen molar-refractivity contribution in [2.75, 3.05) is 0 Å². The van der Waals surface area contributed by atoms with Gasteiger partial charge in [-0.1, -0.05) is 7.43 Å². The second kappa shape index (κ2) is 23.4. The zero-order valence-corrected chi connectivity index (χ0v) is 7.26. The summed E-state index contributed by atoms with van der Waals surface area (Å²) in [5, 5.41) is 0. The van der Waals surface area contributed by atoms with Crippen LogP contribution < -0.4 is 0 Å². The number of hydrogen-bond donors (Lipinski definition) is 0. The van der Waals surface area contributed by atoms with Crippen LogP contribution in [0.2, 0.25) is 0 Å². The van der Waals surface area contributed by atoms with Crippen molar-refractivity contribution in [3.63, 3.8) is 0 Å². The van der Waals surface area contributed by atoms with Crippen molar-refractivity contribution < 1.29 is 42.1 Å². The minimum Gasteiger partial charge on any atom is -0.0776 e. The fraction of sp³-hybridized carbons (Fsp3) is 1.00. The van der Waals surface area contributed by atoms with Gasteiger partial charge in [0.05, 0.1) is 0 Å². The Morgan fingerprint density at radius 3 is 1.00 bits per heavy atom. The predicted octanol–water partition coefficient (Wildman–Crippen LogP) is 0.250. The van der Waals surface area contributed by atoms with Crippen molar-refractivity contribution in [1.82, 2.24) is 0 Å². The number of hydrogen-bond acceptors (Lipinski definition) is 0. The van der Waals surface area contributed by atoms with Gasteiger partial charge in [-0.3, -0.25) is 0 Å². The van der Waals surface area contributed by atoms with Crippen LogP contribution in [0.25, 0.3) is 0 Å². The van der Waals surface area contributed by atoms with Crippen LogP contribution in [0.1, 0.15) is 7.43 Å². The van der Waals surface area contributed by atoms with Crippen molar-refractivity contribution in [3.05, 3.63) is 0 Å². The van der Waals surface area contributed by atoms with E-state index in [9.17, 15) is 0 Å². The maximum Gasteiger partial charge on any atom is 0 e.